The van der Waals surface area contributed by atoms with E-state index in [-0.39, 0.29) is 23.0 Å². The average molecular weight is 184 g/mol. The lowest BCUT2D eigenvalue weighted by Gasteiger charge is -1.91. The lowest BCUT2D eigenvalue weighted by Crippen LogP contribution is -2.08. The molecule has 0 radical (unpaired) electrons. The highest BCUT2D eigenvalue weighted by Gasteiger charge is 1.92. The number of hydrogen-bond acceptors (Lipinski definition) is 3. The molecule has 0 atom stereocenters. The quantitative estimate of drug-likeness (QED) is 0.618. The van der Waals surface area contributed by atoms with Crippen LogP contribution in [0.4, 0.5) is 0 Å². The summed E-state index contributed by atoms with van der Waals surface area (Å²) in [6.45, 7) is 0.368. The third kappa shape index (κ3) is 5.91. The number of carbonyl (C=O) groups is 1. The number of carbonyl (C=O) groups excluding carboxylic acids is 1. The first-order chi connectivity index (χ1) is 3.31. The van der Waals surface area contributed by atoms with E-state index in [0.29, 0.717) is 13.0 Å². The van der Waals surface area contributed by atoms with E-state index in [4.69, 9.17) is 5.73 Å². The van der Waals surface area contributed by atoms with E-state index in [1.54, 1.807) is 0 Å². The average Bonchev–Trinajstić information content (AvgIpc) is 1.68. The Bertz CT molecular complexity index is 67.1. The van der Waals surface area contributed by atoms with Gasteiger partial charge in [0.2, 0.25) is 0 Å². The van der Waals surface area contributed by atoms with Gasteiger partial charge in [-0.1, -0.05) is 0 Å². The summed E-state index contributed by atoms with van der Waals surface area (Å²) >= 11 is 0. The fourth-order valence-electron chi connectivity index (χ4n) is 0.220. The Labute approximate surface area is 59.0 Å². The number of nitrogens with two attached hydrogens (primary N) is 1. The van der Waals surface area contributed by atoms with Gasteiger partial charge in [-0.3, -0.25) is 4.79 Å². The van der Waals surface area contributed by atoms with Gasteiger partial charge in [0.1, 0.15) is 0 Å². The third-order valence-corrected chi connectivity index (χ3v) is 0.576. The van der Waals surface area contributed by atoms with Gasteiger partial charge in [-0.2, -0.15) is 0 Å². The maximum atomic E-state index is 10.1. The summed E-state index contributed by atoms with van der Waals surface area (Å²) in [6, 6.07) is 0. The van der Waals surface area contributed by atoms with Crippen LogP contribution in [0.25, 0.3) is 0 Å². The summed E-state index contributed by atoms with van der Waals surface area (Å²) < 4.78 is 4.27. The molecule has 0 bridgehead atoms. The predicted molar refractivity (Wildman–Crippen MR) is 36.0 cm³/mol. The molecule has 0 fully saturated rings. The zero-order chi connectivity index (χ0) is 5.70. The van der Waals surface area contributed by atoms with Crippen molar-refractivity contribution in [2.75, 3.05) is 13.7 Å². The molecule has 0 aliphatic heterocycles. The second-order valence-electron chi connectivity index (χ2n) is 1.11. The van der Waals surface area contributed by atoms with Gasteiger partial charge in [-0.25, -0.2) is 0 Å². The lowest BCUT2D eigenvalue weighted by atomic mass is 10.4. The summed E-state index contributed by atoms with van der Waals surface area (Å²) in [6.07, 6.45) is 0.316. The van der Waals surface area contributed by atoms with Crippen LogP contribution in [0.1, 0.15) is 6.42 Å². The molecule has 2 N–H and O–H groups in total. The normalized spacial score (nSPS) is 7.25. The van der Waals surface area contributed by atoms with Crippen LogP contribution in [-0.2, 0) is 9.53 Å². The van der Waals surface area contributed by atoms with Gasteiger partial charge >= 0.3 is 5.97 Å². The molecule has 0 aromatic carbocycles. The van der Waals surface area contributed by atoms with Gasteiger partial charge < -0.3 is 10.5 Å². The summed E-state index contributed by atoms with van der Waals surface area (Å²) in [5.74, 6) is -0.248. The van der Waals surface area contributed by atoms with Crippen LogP contribution in [0, 0.1) is 0 Å². The second-order valence-corrected chi connectivity index (χ2v) is 1.11. The maximum absolute atomic E-state index is 10.1. The molecule has 0 aromatic heterocycles. The molecule has 4 heteroatoms. The van der Waals surface area contributed by atoms with Gasteiger partial charge in [-0.05, 0) is 0 Å². The van der Waals surface area contributed by atoms with Gasteiger partial charge in [0.25, 0.3) is 0 Å². The van der Waals surface area contributed by atoms with Crippen molar-refractivity contribution in [3.63, 3.8) is 0 Å². The molecule has 0 saturated heterocycles. The Balaban J connectivity index is 0. The zero-order valence-corrected chi connectivity index (χ0v) is 6.43. The zero-order valence-electron chi connectivity index (χ0n) is 4.72. The molecule has 0 amide bonds. The number of esters is 1. The monoisotopic (exact) mass is 183 g/mol. The molecule has 0 aromatic rings. The SMILES string of the molecule is Br.COC(=O)CCN. The minimum Gasteiger partial charge on any atom is -0.469 e. The summed E-state index contributed by atoms with van der Waals surface area (Å²) in [5.41, 5.74) is 5.00. The summed E-state index contributed by atoms with van der Waals surface area (Å²) in [5, 5.41) is 0. The van der Waals surface area contributed by atoms with Crippen LogP contribution >= 0.6 is 17.0 Å². The fraction of sp³-hybridized carbons (Fsp3) is 0.750. The van der Waals surface area contributed by atoms with E-state index in [9.17, 15) is 4.79 Å². The molecule has 0 aliphatic rings. The van der Waals surface area contributed by atoms with Crippen LogP contribution in [0.5, 0.6) is 0 Å². The number of rotatable bonds is 2. The lowest BCUT2D eigenvalue weighted by molar-refractivity contribution is -0.140. The van der Waals surface area contributed by atoms with Crippen molar-refractivity contribution in [1.29, 1.82) is 0 Å². The standard InChI is InChI=1S/C4H9NO2.BrH/c1-7-4(6)2-3-5;/h2-3,5H2,1H3;1H. The number of halogens is 1. The van der Waals surface area contributed by atoms with Crippen molar-refractivity contribution in [2.45, 2.75) is 6.42 Å². The van der Waals surface area contributed by atoms with E-state index >= 15 is 0 Å². The smallest absolute Gasteiger partial charge is 0.306 e. The Hall–Kier alpha value is -0.0900. The number of methoxy groups -OCH3 is 1. The Kier molecular flexibility index (Phi) is 9.34. The van der Waals surface area contributed by atoms with Crippen molar-refractivity contribution >= 4 is 23.0 Å². The van der Waals surface area contributed by atoms with Crippen molar-refractivity contribution in [3.05, 3.63) is 0 Å². The number of hydrogen-bond donors (Lipinski definition) is 1. The van der Waals surface area contributed by atoms with Crippen LogP contribution in [-0.4, -0.2) is 19.6 Å². The summed E-state index contributed by atoms with van der Waals surface area (Å²) in [7, 11) is 1.35. The molecule has 0 heterocycles. The van der Waals surface area contributed by atoms with Gasteiger partial charge in [0.05, 0.1) is 13.5 Å². The molecular formula is C4H10BrNO2. The largest absolute Gasteiger partial charge is 0.469 e. The van der Waals surface area contributed by atoms with E-state index < -0.39 is 0 Å². The van der Waals surface area contributed by atoms with E-state index in [2.05, 4.69) is 4.74 Å². The first kappa shape index (κ1) is 10.8. The minimum absolute atomic E-state index is 0. The first-order valence-corrected chi connectivity index (χ1v) is 2.08. The van der Waals surface area contributed by atoms with E-state index in [0.717, 1.165) is 0 Å². The molecular weight excluding hydrogens is 174 g/mol. The van der Waals surface area contributed by atoms with Crippen LogP contribution < -0.4 is 5.73 Å². The Morgan fingerprint density at radius 1 is 1.75 bits per heavy atom. The predicted octanol–water partition coefficient (Wildman–Crippen LogP) is 0.0861. The highest BCUT2D eigenvalue weighted by molar-refractivity contribution is 8.93. The van der Waals surface area contributed by atoms with Crippen LogP contribution in [0.3, 0.4) is 0 Å². The molecule has 0 aliphatic carbocycles. The third-order valence-electron chi connectivity index (χ3n) is 0.576. The van der Waals surface area contributed by atoms with E-state index in [1.165, 1.54) is 7.11 Å². The minimum atomic E-state index is -0.248. The second kappa shape index (κ2) is 6.91. The molecule has 8 heavy (non-hydrogen) atoms. The molecule has 0 unspecified atom stereocenters. The number of ether oxygens (including phenoxy) is 1. The molecule has 0 spiro atoms. The summed E-state index contributed by atoms with van der Waals surface area (Å²) in [4.78, 5) is 10.1. The Morgan fingerprint density at radius 3 is 2.38 bits per heavy atom. The van der Waals surface area contributed by atoms with Crippen molar-refractivity contribution in [2.24, 2.45) is 5.73 Å². The highest BCUT2D eigenvalue weighted by Crippen LogP contribution is 1.76. The highest BCUT2D eigenvalue weighted by atomic mass is 79.9. The molecule has 50 valence electrons. The van der Waals surface area contributed by atoms with Gasteiger partial charge in [0.15, 0.2) is 0 Å². The molecule has 0 rings (SSSR count). The first-order valence-electron chi connectivity index (χ1n) is 2.08. The topological polar surface area (TPSA) is 52.3 Å². The van der Waals surface area contributed by atoms with Crippen LogP contribution in [0.15, 0.2) is 0 Å². The maximum Gasteiger partial charge on any atom is 0.306 e. The van der Waals surface area contributed by atoms with Crippen molar-refractivity contribution in [1.82, 2.24) is 0 Å². The van der Waals surface area contributed by atoms with Gasteiger partial charge in [0, 0.05) is 6.54 Å². The Morgan fingerprint density at radius 2 is 2.25 bits per heavy atom. The van der Waals surface area contributed by atoms with E-state index in [1.807, 2.05) is 0 Å². The van der Waals surface area contributed by atoms with Crippen molar-refractivity contribution < 1.29 is 9.53 Å². The fourth-order valence-corrected chi connectivity index (χ4v) is 0.220. The molecule has 0 saturated carbocycles. The van der Waals surface area contributed by atoms with Crippen molar-refractivity contribution in [3.8, 4) is 0 Å². The van der Waals surface area contributed by atoms with Gasteiger partial charge in [-0.15, -0.1) is 17.0 Å². The molecule has 3 nitrogen and oxygen atoms in total. The van der Waals surface area contributed by atoms with Crippen LogP contribution in [0.2, 0.25) is 0 Å².